The molecule has 18 nitrogen and oxygen atoms in total. The molecule has 2 aromatic carbocycles. The molecule has 1 unspecified atom stereocenters. The normalized spacial score (nSPS) is 20.2. The van der Waals surface area contributed by atoms with Gasteiger partial charge in [0.25, 0.3) is 23.3 Å². The first-order valence-corrected chi connectivity index (χ1v) is 22.4. The van der Waals surface area contributed by atoms with Gasteiger partial charge in [-0.3, -0.25) is 48.8 Å². The van der Waals surface area contributed by atoms with Crippen molar-refractivity contribution in [2.45, 2.75) is 57.7 Å². The Morgan fingerprint density at radius 1 is 0.938 bits per heavy atom. The molecule has 5 aliphatic heterocycles. The van der Waals surface area contributed by atoms with Gasteiger partial charge in [0.2, 0.25) is 17.8 Å². The molecule has 4 fully saturated rings. The number of nitrogens with one attached hydrogen (secondary N) is 3. The number of benzene rings is 2. The number of hydrogen-bond acceptors (Lipinski definition) is 14. The van der Waals surface area contributed by atoms with Gasteiger partial charge in [-0.2, -0.15) is 4.98 Å². The smallest absolute Gasteiger partial charge is 0.293 e. The number of aromatic nitrogens is 3. The molecule has 7 heterocycles. The molecule has 0 saturated carbocycles. The van der Waals surface area contributed by atoms with E-state index in [0.29, 0.717) is 45.6 Å². The minimum absolute atomic E-state index is 0.0850. The zero-order valence-electron chi connectivity index (χ0n) is 36.1. The Labute approximate surface area is 374 Å². The van der Waals surface area contributed by atoms with Crippen molar-refractivity contribution >= 4 is 75.2 Å². The number of likely N-dealkylation sites (N-methyl/N-ethyl adjacent to an activating group) is 1. The van der Waals surface area contributed by atoms with Gasteiger partial charge in [0.1, 0.15) is 11.1 Å². The van der Waals surface area contributed by atoms with Crippen LogP contribution in [0.1, 0.15) is 66.3 Å². The quantitative estimate of drug-likeness (QED) is 0.176. The van der Waals surface area contributed by atoms with Crippen molar-refractivity contribution in [1.29, 1.82) is 0 Å². The van der Waals surface area contributed by atoms with Gasteiger partial charge in [0.15, 0.2) is 18.2 Å². The average molecular weight is 894 g/mol. The number of ether oxygens (including phenoxy) is 1. The zero-order valence-corrected chi connectivity index (χ0v) is 36.9. The van der Waals surface area contributed by atoms with E-state index in [1.165, 1.54) is 7.05 Å². The third-order valence-electron chi connectivity index (χ3n) is 13.1. The Morgan fingerprint density at radius 3 is 2.42 bits per heavy atom. The van der Waals surface area contributed by atoms with Crippen LogP contribution in [0.4, 0.5) is 23.1 Å². The summed E-state index contributed by atoms with van der Waals surface area (Å²) in [7, 11) is 1.51. The molecule has 5 amide bonds. The van der Waals surface area contributed by atoms with Crippen LogP contribution in [0.5, 0.6) is 5.75 Å². The summed E-state index contributed by atoms with van der Waals surface area (Å²) in [4.78, 5) is 96.3. The predicted molar refractivity (Wildman–Crippen MR) is 241 cm³/mol. The summed E-state index contributed by atoms with van der Waals surface area (Å²) >= 11 is 6.61. The molecule has 5 aliphatic rings. The van der Waals surface area contributed by atoms with Gasteiger partial charge in [-0.15, -0.1) is 0 Å². The van der Waals surface area contributed by atoms with E-state index in [0.717, 1.165) is 93.2 Å². The Morgan fingerprint density at radius 2 is 1.70 bits per heavy atom. The van der Waals surface area contributed by atoms with Gasteiger partial charge in [-0.1, -0.05) is 17.7 Å². The lowest BCUT2D eigenvalue weighted by Gasteiger charge is -2.49. The number of halogens is 1. The first-order chi connectivity index (χ1) is 30.9. The number of rotatable bonds is 12. The van der Waals surface area contributed by atoms with Crippen LogP contribution in [0.25, 0.3) is 10.9 Å². The number of nitrogens with zero attached hydrogens (tertiary/aromatic N) is 8. The third-order valence-corrected chi connectivity index (χ3v) is 13.4. The van der Waals surface area contributed by atoms with E-state index in [1.807, 2.05) is 38.1 Å². The number of piperidine rings is 2. The lowest BCUT2D eigenvalue weighted by Crippen LogP contribution is -2.63. The molecule has 0 aliphatic carbocycles. The second kappa shape index (κ2) is 17.8. The lowest BCUT2D eigenvalue weighted by molar-refractivity contribution is -0.136. The van der Waals surface area contributed by atoms with Crippen molar-refractivity contribution in [2.75, 3.05) is 87.7 Å². The summed E-state index contributed by atoms with van der Waals surface area (Å²) < 4.78 is 7.27. The third kappa shape index (κ3) is 8.36. The lowest BCUT2D eigenvalue weighted by atomic mass is 9.94. The summed E-state index contributed by atoms with van der Waals surface area (Å²) in [6, 6.07) is 11.9. The first-order valence-electron chi connectivity index (χ1n) is 22.0. The maximum atomic E-state index is 13.7. The molecule has 2 aromatic heterocycles. The Balaban J connectivity index is 0.757. The van der Waals surface area contributed by atoms with Crippen LogP contribution in [-0.4, -0.2) is 143 Å². The van der Waals surface area contributed by atoms with Gasteiger partial charge in [-0.05, 0) is 75.4 Å². The van der Waals surface area contributed by atoms with Crippen molar-refractivity contribution in [2.24, 2.45) is 5.92 Å². The van der Waals surface area contributed by atoms with Crippen LogP contribution >= 0.6 is 11.6 Å². The number of amides is 5. The number of carbonyl (C=O) groups is 5. The number of piperazine rings is 1. The molecule has 0 bridgehead atoms. The predicted octanol–water partition coefficient (Wildman–Crippen LogP) is 3.02. The Kier molecular flexibility index (Phi) is 12.0. The van der Waals surface area contributed by atoms with Crippen LogP contribution in [0.3, 0.4) is 0 Å². The minimum Gasteiger partial charge on any atom is -0.478 e. The van der Waals surface area contributed by atoms with Gasteiger partial charge < -0.3 is 29.7 Å². The number of fused-ring (bicyclic) bond motifs is 2. The van der Waals surface area contributed by atoms with Gasteiger partial charge >= 0.3 is 0 Å². The van der Waals surface area contributed by atoms with Crippen molar-refractivity contribution in [1.82, 2.24) is 39.9 Å². The Bertz CT molecular complexity index is 2580. The molecule has 1 atom stereocenters. The van der Waals surface area contributed by atoms with E-state index in [4.69, 9.17) is 21.3 Å². The summed E-state index contributed by atoms with van der Waals surface area (Å²) in [5, 5.41) is 9.24. The number of likely N-dealkylation sites (tertiary alicyclic amines) is 1. The highest BCUT2D eigenvalue weighted by molar-refractivity contribution is 6.33. The zero-order chi connectivity index (χ0) is 44.8. The van der Waals surface area contributed by atoms with Crippen LogP contribution in [0.15, 0.2) is 53.5 Å². The molecular weight excluding hydrogens is 842 g/mol. The van der Waals surface area contributed by atoms with Crippen molar-refractivity contribution in [3.8, 4) is 5.75 Å². The molecule has 3 N–H and O–H groups in total. The van der Waals surface area contributed by atoms with Crippen LogP contribution in [0, 0.1) is 5.92 Å². The second-order valence-electron chi connectivity index (χ2n) is 17.5. The topological polar surface area (TPSA) is 195 Å². The number of hydrogen-bond donors (Lipinski definition) is 3. The van der Waals surface area contributed by atoms with Crippen molar-refractivity contribution in [3.63, 3.8) is 0 Å². The van der Waals surface area contributed by atoms with Gasteiger partial charge in [0, 0.05) is 95.5 Å². The summed E-state index contributed by atoms with van der Waals surface area (Å²) in [6.45, 7) is 11.4. The second-order valence-corrected chi connectivity index (χ2v) is 17.9. The minimum atomic E-state index is -0.988. The number of pyridine rings is 1. The maximum Gasteiger partial charge on any atom is 0.293 e. The molecule has 9 rings (SSSR count). The average Bonchev–Trinajstić information content (AvgIpc) is 3.53. The molecular formula is C45H52ClN11O7. The van der Waals surface area contributed by atoms with E-state index in [2.05, 4.69) is 40.5 Å². The molecule has 4 saturated heterocycles. The highest BCUT2D eigenvalue weighted by Gasteiger charge is 2.46. The van der Waals surface area contributed by atoms with Gasteiger partial charge in [0.05, 0.1) is 28.5 Å². The van der Waals surface area contributed by atoms with E-state index in [9.17, 15) is 28.8 Å². The van der Waals surface area contributed by atoms with Gasteiger partial charge in [-0.25, -0.2) is 4.98 Å². The summed E-state index contributed by atoms with van der Waals surface area (Å²) in [6.07, 6.45) is 3.87. The number of carbonyl (C=O) groups excluding carboxylic acids is 5. The van der Waals surface area contributed by atoms with E-state index in [-0.39, 0.29) is 42.7 Å². The fourth-order valence-electron chi connectivity index (χ4n) is 9.66. The fraction of sp³-hybridized carbons (Fsp3) is 0.467. The highest BCUT2D eigenvalue weighted by atomic mass is 35.5. The first kappa shape index (κ1) is 43.2. The van der Waals surface area contributed by atoms with Crippen LogP contribution in [0.2, 0.25) is 5.02 Å². The molecule has 19 heteroatoms. The van der Waals surface area contributed by atoms with Crippen molar-refractivity contribution < 1.29 is 28.7 Å². The SMILES string of the molecule is CNC(=O)COc1cc2cc(Nc3nc(N4CCC(CN5CC(N6CCN(c7cccc8c7C(=O)N(C7CCC(=O)NC7=O)C8=O)CC6)C5)CC4)ncc3Cl)ccc2n(C(C)C)c1=O. The molecule has 0 radical (unpaired) electrons. The van der Waals surface area contributed by atoms with E-state index >= 15 is 0 Å². The number of imide groups is 2. The fourth-order valence-corrected chi connectivity index (χ4v) is 9.79. The standard InChI is InChI=1S/C45H52ClN11O7/c1-26(2)56-33-8-7-29(19-28(33)20-36(43(56)62)64-25-38(59)47-3)49-40-32(46)21-48-45(51-40)55-13-11-27(12-14-55)22-52-23-30(24-52)53-15-17-54(18-16-53)34-6-4-5-31-39(34)44(63)57(42(31)61)35-9-10-37(58)50-41(35)60/h4-8,19-21,26-27,30,35H,9-18,22-25H2,1-3H3,(H,47,59)(H,48,49,51)(H,50,58,60). The summed E-state index contributed by atoms with van der Waals surface area (Å²) in [5.74, 6) is -0.566. The number of anilines is 4. The Hall–Kier alpha value is -6.11. The molecule has 336 valence electrons. The van der Waals surface area contributed by atoms with Crippen LogP contribution in [-0.2, 0) is 14.4 Å². The molecule has 4 aromatic rings. The van der Waals surface area contributed by atoms with E-state index < -0.39 is 29.7 Å². The van der Waals surface area contributed by atoms with Crippen molar-refractivity contribution in [3.05, 3.63) is 75.2 Å². The monoisotopic (exact) mass is 893 g/mol. The highest BCUT2D eigenvalue weighted by Crippen LogP contribution is 2.36. The molecule has 0 spiro atoms. The maximum absolute atomic E-state index is 13.7. The van der Waals surface area contributed by atoms with E-state index in [1.54, 1.807) is 29.0 Å². The largest absolute Gasteiger partial charge is 0.478 e. The molecule has 64 heavy (non-hydrogen) atoms. The summed E-state index contributed by atoms with van der Waals surface area (Å²) in [5.41, 5.74) is 2.51. The van der Waals surface area contributed by atoms with Crippen LogP contribution < -0.4 is 36.0 Å².